The molecule has 0 bridgehead atoms. The van der Waals surface area contributed by atoms with Crippen LogP contribution in [0, 0.1) is 0 Å². The Morgan fingerprint density at radius 3 is 1.62 bits per heavy atom. The van der Waals surface area contributed by atoms with Crippen LogP contribution in [-0.2, 0) is 5.41 Å². The van der Waals surface area contributed by atoms with Gasteiger partial charge in [-0.3, -0.25) is 0 Å². The third-order valence-corrected chi connectivity index (χ3v) is 10.5. The normalized spacial score (nSPS) is 12.8. The summed E-state index contributed by atoms with van der Waals surface area (Å²) in [5.41, 5.74) is 16.0. The van der Waals surface area contributed by atoms with Crippen molar-refractivity contribution in [3.05, 3.63) is 199 Å². The highest BCUT2D eigenvalue weighted by molar-refractivity contribution is 6.01. The molecule has 0 heterocycles. The zero-order valence-corrected chi connectivity index (χ0v) is 28.3. The van der Waals surface area contributed by atoms with Crippen LogP contribution in [-0.4, -0.2) is 0 Å². The zero-order chi connectivity index (χ0) is 33.7. The maximum Gasteiger partial charge on any atom is 0.0540 e. The van der Waals surface area contributed by atoms with Crippen molar-refractivity contribution in [2.45, 2.75) is 19.3 Å². The maximum absolute atomic E-state index is 2.48. The van der Waals surface area contributed by atoms with Gasteiger partial charge in [-0.25, -0.2) is 0 Å². The summed E-state index contributed by atoms with van der Waals surface area (Å²) in [5, 5.41) is 2.44. The van der Waals surface area contributed by atoms with Crippen molar-refractivity contribution in [2.75, 3.05) is 4.90 Å². The van der Waals surface area contributed by atoms with Crippen LogP contribution in [0.4, 0.5) is 17.1 Å². The molecule has 8 aromatic carbocycles. The first kappa shape index (κ1) is 29.9. The molecule has 9 rings (SSSR count). The molecule has 1 aliphatic rings. The van der Waals surface area contributed by atoms with E-state index in [1.54, 1.807) is 0 Å². The summed E-state index contributed by atoms with van der Waals surface area (Å²) in [7, 11) is 0. The van der Waals surface area contributed by atoms with E-state index in [1.807, 2.05) is 0 Å². The van der Waals surface area contributed by atoms with Crippen LogP contribution in [0.15, 0.2) is 188 Å². The quantitative estimate of drug-likeness (QED) is 0.175. The van der Waals surface area contributed by atoms with Crippen molar-refractivity contribution in [1.82, 2.24) is 0 Å². The number of hydrogen-bond donors (Lipinski definition) is 0. The molecule has 0 saturated heterocycles. The molecule has 1 aliphatic carbocycles. The van der Waals surface area contributed by atoms with Crippen LogP contribution >= 0.6 is 0 Å². The Bertz CT molecular complexity index is 2520. The third-order valence-electron chi connectivity index (χ3n) is 10.5. The summed E-state index contributed by atoms with van der Waals surface area (Å²) in [6.45, 7) is 4.71. The average Bonchev–Trinajstić information content (AvgIpc) is 3.42. The summed E-state index contributed by atoms with van der Waals surface area (Å²) in [6.07, 6.45) is 0. The summed E-state index contributed by atoms with van der Waals surface area (Å²) in [4.78, 5) is 2.48. The fourth-order valence-electron chi connectivity index (χ4n) is 8.08. The van der Waals surface area contributed by atoms with Crippen molar-refractivity contribution in [1.29, 1.82) is 0 Å². The topological polar surface area (TPSA) is 3.24 Å². The van der Waals surface area contributed by atoms with Gasteiger partial charge in [0.1, 0.15) is 0 Å². The SMILES string of the molecule is CC1(C)c2ccccc2-c2c(-c3ccccc3N(c3ccc4ccccc4c3)c3ccccc3-c3ccccc3-c3ccccc3)cccc21. The van der Waals surface area contributed by atoms with Crippen molar-refractivity contribution >= 4 is 27.8 Å². The number of nitrogens with zero attached hydrogens (tertiary/aromatic N) is 1. The third kappa shape index (κ3) is 4.85. The second-order valence-corrected chi connectivity index (χ2v) is 13.7. The van der Waals surface area contributed by atoms with E-state index in [0.717, 1.165) is 17.1 Å². The zero-order valence-electron chi connectivity index (χ0n) is 28.3. The lowest BCUT2D eigenvalue weighted by Gasteiger charge is -2.31. The summed E-state index contributed by atoms with van der Waals surface area (Å²) >= 11 is 0. The van der Waals surface area contributed by atoms with E-state index in [-0.39, 0.29) is 5.41 Å². The lowest BCUT2D eigenvalue weighted by Crippen LogP contribution is -2.15. The van der Waals surface area contributed by atoms with Crippen molar-refractivity contribution in [3.8, 4) is 44.5 Å². The van der Waals surface area contributed by atoms with Gasteiger partial charge in [-0.15, -0.1) is 0 Å². The van der Waals surface area contributed by atoms with E-state index < -0.39 is 0 Å². The van der Waals surface area contributed by atoms with Crippen molar-refractivity contribution in [3.63, 3.8) is 0 Å². The predicted octanol–water partition coefficient (Wildman–Crippen LogP) is 13.6. The molecule has 0 saturated carbocycles. The number of hydrogen-bond acceptors (Lipinski definition) is 1. The monoisotopic (exact) mass is 639 g/mol. The number of para-hydroxylation sites is 2. The van der Waals surface area contributed by atoms with Crippen LogP contribution in [0.1, 0.15) is 25.0 Å². The minimum atomic E-state index is -0.0807. The highest BCUT2D eigenvalue weighted by Crippen LogP contribution is 2.54. The Morgan fingerprint density at radius 2 is 0.880 bits per heavy atom. The van der Waals surface area contributed by atoms with Gasteiger partial charge in [0.15, 0.2) is 0 Å². The number of rotatable bonds is 6. The molecule has 0 aliphatic heterocycles. The van der Waals surface area contributed by atoms with Gasteiger partial charge in [0.05, 0.1) is 11.4 Å². The molecule has 0 amide bonds. The van der Waals surface area contributed by atoms with Gasteiger partial charge in [0.2, 0.25) is 0 Å². The highest BCUT2D eigenvalue weighted by atomic mass is 15.1. The molecule has 0 unspecified atom stereocenters. The highest BCUT2D eigenvalue weighted by Gasteiger charge is 2.37. The van der Waals surface area contributed by atoms with Crippen LogP contribution in [0.25, 0.3) is 55.3 Å². The second kappa shape index (κ2) is 12.1. The van der Waals surface area contributed by atoms with Gasteiger partial charge in [-0.2, -0.15) is 0 Å². The van der Waals surface area contributed by atoms with Gasteiger partial charge < -0.3 is 4.90 Å². The van der Waals surface area contributed by atoms with E-state index in [9.17, 15) is 0 Å². The van der Waals surface area contributed by atoms with Crippen LogP contribution in [0.2, 0.25) is 0 Å². The first-order valence-corrected chi connectivity index (χ1v) is 17.5. The van der Waals surface area contributed by atoms with Gasteiger partial charge in [-0.1, -0.05) is 178 Å². The largest absolute Gasteiger partial charge is 0.309 e. The molecule has 50 heavy (non-hydrogen) atoms. The Balaban J connectivity index is 1.32. The van der Waals surface area contributed by atoms with Crippen LogP contribution in [0.5, 0.6) is 0 Å². The molecule has 0 spiro atoms. The van der Waals surface area contributed by atoms with Crippen LogP contribution in [0.3, 0.4) is 0 Å². The van der Waals surface area contributed by atoms with Gasteiger partial charge >= 0.3 is 0 Å². The molecule has 238 valence electrons. The fraction of sp³-hybridized carbons (Fsp3) is 0.0612. The Morgan fingerprint density at radius 1 is 0.360 bits per heavy atom. The summed E-state index contributed by atoms with van der Waals surface area (Å²) < 4.78 is 0. The van der Waals surface area contributed by atoms with E-state index in [0.29, 0.717) is 0 Å². The molecular formula is C49H37N. The number of benzene rings is 8. The first-order chi connectivity index (χ1) is 24.6. The van der Waals surface area contributed by atoms with Crippen molar-refractivity contribution < 1.29 is 0 Å². The summed E-state index contributed by atoms with van der Waals surface area (Å²) in [5.74, 6) is 0. The molecule has 0 N–H and O–H groups in total. The Hall–Kier alpha value is -6.18. The summed E-state index contributed by atoms with van der Waals surface area (Å²) in [6, 6.07) is 68.6. The van der Waals surface area contributed by atoms with Crippen molar-refractivity contribution in [2.24, 2.45) is 0 Å². The second-order valence-electron chi connectivity index (χ2n) is 13.7. The van der Waals surface area contributed by atoms with E-state index in [1.165, 1.54) is 66.4 Å². The fourth-order valence-corrected chi connectivity index (χ4v) is 8.08. The first-order valence-electron chi connectivity index (χ1n) is 17.5. The Labute approximate surface area is 294 Å². The molecule has 0 radical (unpaired) electrons. The maximum atomic E-state index is 2.48. The van der Waals surface area contributed by atoms with Gasteiger partial charge in [0, 0.05) is 22.2 Å². The number of fused-ring (bicyclic) bond motifs is 4. The average molecular weight is 640 g/mol. The number of anilines is 3. The van der Waals surface area contributed by atoms with Gasteiger partial charge in [-0.05, 0) is 79.5 Å². The minimum Gasteiger partial charge on any atom is -0.309 e. The molecule has 8 aromatic rings. The van der Waals surface area contributed by atoms with Gasteiger partial charge in [0.25, 0.3) is 0 Å². The molecular weight excluding hydrogens is 603 g/mol. The molecule has 1 heteroatoms. The molecule has 1 nitrogen and oxygen atoms in total. The van der Waals surface area contributed by atoms with E-state index in [4.69, 9.17) is 0 Å². The molecule has 0 atom stereocenters. The van der Waals surface area contributed by atoms with Crippen LogP contribution < -0.4 is 4.90 Å². The minimum absolute atomic E-state index is 0.0807. The standard InChI is InChI=1S/C49H37N/c1-49(2)44-27-13-10-25-43(44)48-42(26-16-28-45(48)49)41-24-12-15-30-47(41)50(37-32-31-34-17-6-7-20-36(34)33-37)46-29-14-11-23-40(46)39-22-9-8-21-38(39)35-18-4-3-5-19-35/h3-33H,1-2H3. The molecule has 0 aromatic heterocycles. The van der Waals surface area contributed by atoms with E-state index >= 15 is 0 Å². The smallest absolute Gasteiger partial charge is 0.0540 e. The molecule has 0 fully saturated rings. The predicted molar refractivity (Wildman–Crippen MR) is 213 cm³/mol. The van der Waals surface area contributed by atoms with E-state index in [2.05, 4.69) is 207 Å². The lowest BCUT2D eigenvalue weighted by atomic mass is 9.82. The lowest BCUT2D eigenvalue weighted by molar-refractivity contribution is 0.660. The Kier molecular flexibility index (Phi) is 7.21.